The number of hydrogen-bond acceptors (Lipinski definition) is 4. The highest BCUT2D eigenvalue weighted by molar-refractivity contribution is 5.95. The predicted octanol–water partition coefficient (Wildman–Crippen LogP) is 1.13. The van der Waals surface area contributed by atoms with Crippen molar-refractivity contribution in [1.29, 1.82) is 0 Å². The molecule has 1 fully saturated rings. The minimum Gasteiger partial charge on any atom is -0.339 e. The number of nitrogens with zero attached hydrogens (tertiary/aromatic N) is 2. The molecule has 0 saturated carbocycles. The highest BCUT2D eigenvalue weighted by Gasteiger charge is 2.22. The molecule has 3 N–H and O–H groups in total. The van der Waals surface area contributed by atoms with Crippen LogP contribution in [0.5, 0.6) is 0 Å². The molecule has 0 spiro atoms. The number of likely N-dealkylation sites (tertiary alicyclic amines) is 1. The molecule has 92 valence electrons. The summed E-state index contributed by atoms with van der Waals surface area (Å²) in [5.41, 5.74) is 2.16. The molecule has 1 aromatic heterocycles. The second kappa shape index (κ2) is 5.09. The van der Waals surface area contributed by atoms with Gasteiger partial charge in [-0.1, -0.05) is 0 Å². The number of rotatable bonds is 2. The number of nitrogens with two attached hydrogens (primary N) is 1. The molecule has 17 heavy (non-hydrogen) atoms. The minimum absolute atomic E-state index is 0.0230. The molecule has 5 nitrogen and oxygen atoms in total. The Kier molecular flexibility index (Phi) is 3.53. The van der Waals surface area contributed by atoms with E-state index in [-0.39, 0.29) is 17.3 Å². The lowest BCUT2D eigenvalue weighted by molar-refractivity contribution is 0.0719. The Hall–Kier alpha value is -1.69. The fourth-order valence-electron chi connectivity index (χ4n) is 1.98. The van der Waals surface area contributed by atoms with Gasteiger partial charge in [-0.05, 0) is 25.3 Å². The summed E-state index contributed by atoms with van der Waals surface area (Å²) < 4.78 is 13.8. The zero-order valence-corrected chi connectivity index (χ0v) is 9.45. The number of pyridine rings is 1. The number of nitrogen functional groups attached to an aromatic ring is 1. The van der Waals surface area contributed by atoms with Crippen molar-refractivity contribution in [1.82, 2.24) is 9.88 Å². The first kappa shape index (κ1) is 11.8. The molecule has 1 aliphatic rings. The lowest BCUT2D eigenvalue weighted by atomic mass is 10.1. The maximum atomic E-state index is 13.8. The van der Waals surface area contributed by atoms with Crippen LogP contribution in [0.2, 0.25) is 0 Å². The van der Waals surface area contributed by atoms with Crippen LogP contribution in [0.3, 0.4) is 0 Å². The largest absolute Gasteiger partial charge is 0.339 e. The van der Waals surface area contributed by atoms with E-state index in [0.29, 0.717) is 13.1 Å². The summed E-state index contributed by atoms with van der Waals surface area (Å²) in [7, 11) is 0. The van der Waals surface area contributed by atoms with Crippen molar-refractivity contribution >= 4 is 11.7 Å². The second-order valence-corrected chi connectivity index (χ2v) is 4.02. The van der Waals surface area contributed by atoms with Gasteiger partial charge in [0.2, 0.25) is 0 Å². The van der Waals surface area contributed by atoms with Crippen molar-refractivity contribution in [2.75, 3.05) is 18.5 Å². The Morgan fingerprint density at radius 3 is 2.76 bits per heavy atom. The van der Waals surface area contributed by atoms with E-state index >= 15 is 0 Å². The standard InChI is InChI=1S/C11H15FN4O/c12-9-8(4-5-14-10(9)15-13)11(17)16-6-2-1-3-7-16/h4-5H,1-3,6-7,13H2,(H,14,15). The van der Waals surface area contributed by atoms with Gasteiger partial charge in [-0.15, -0.1) is 0 Å². The van der Waals surface area contributed by atoms with Gasteiger partial charge >= 0.3 is 0 Å². The zero-order valence-electron chi connectivity index (χ0n) is 9.45. The lowest BCUT2D eigenvalue weighted by Gasteiger charge is -2.26. The van der Waals surface area contributed by atoms with Crippen molar-refractivity contribution in [3.05, 3.63) is 23.6 Å². The van der Waals surface area contributed by atoms with Gasteiger partial charge in [0.15, 0.2) is 11.6 Å². The first-order valence-corrected chi connectivity index (χ1v) is 5.64. The quantitative estimate of drug-likeness (QED) is 0.598. The summed E-state index contributed by atoms with van der Waals surface area (Å²) in [6, 6.07) is 1.38. The molecule has 1 aliphatic heterocycles. The Morgan fingerprint density at radius 2 is 2.12 bits per heavy atom. The molecule has 1 aromatic rings. The van der Waals surface area contributed by atoms with Gasteiger partial charge in [-0.2, -0.15) is 0 Å². The Balaban J connectivity index is 2.23. The van der Waals surface area contributed by atoms with Crippen LogP contribution >= 0.6 is 0 Å². The average molecular weight is 238 g/mol. The third kappa shape index (κ3) is 2.36. The topological polar surface area (TPSA) is 71.2 Å². The van der Waals surface area contributed by atoms with Crippen LogP contribution in [-0.4, -0.2) is 28.9 Å². The van der Waals surface area contributed by atoms with Gasteiger partial charge in [0.25, 0.3) is 5.91 Å². The highest BCUT2D eigenvalue weighted by Crippen LogP contribution is 2.18. The van der Waals surface area contributed by atoms with Gasteiger partial charge in [-0.3, -0.25) is 4.79 Å². The number of piperidine rings is 1. The molecule has 0 radical (unpaired) electrons. The molecular weight excluding hydrogens is 223 g/mol. The number of aromatic nitrogens is 1. The normalized spacial score (nSPS) is 15.8. The van der Waals surface area contributed by atoms with Crippen molar-refractivity contribution in [2.24, 2.45) is 5.84 Å². The summed E-state index contributed by atoms with van der Waals surface area (Å²) in [5, 5.41) is 0. The monoisotopic (exact) mass is 238 g/mol. The maximum Gasteiger partial charge on any atom is 0.257 e. The third-order valence-corrected chi connectivity index (χ3v) is 2.90. The van der Waals surface area contributed by atoms with Gasteiger partial charge in [0.1, 0.15) is 0 Å². The first-order chi connectivity index (χ1) is 8.24. The first-order valence-electron chi connectivity index (χ1n) is 5.64. The highest BCUT2D eigenvalue weighted by atomic mass is 19.1. The van der Waals surface area contributed by atoms with Crippen molar-refractivity contribution in [3.63, 3.8) is 0 Å². The molecule has 1 amide bonds. The molecule has 0 unspecified atom stereocenters. The minimum atomic E-state index is -0.689. The van der Waals surface area contributed by atoms with Gasteiger partial charge in [0.05, 0.1) is 5.56 Å². The maximum absolute atomic E-state index is 13.8. The molecule has 2 heterocycles. The molecule has 0 bridgehead atoms. The van der Waals surface area contributed by atoms with E-state index in [4.69, 9.17) is 5.84 Å². The number of hydrogen-bond donors (Lipinski definition) is 2. The number of carbonyl (C=O) groups excluding carboxylic acids is 1. The summed E-state index contributed by atoms with van der Waals surface area (Å²) in [6.45, 7) is 1.37. The van der Waals surface area contributed by atoms with Crippen LogP contribution in [0.15, 0.2) is 12.3 Å². The summed E-state index contributed by atoms with van der Waals surface area (Å²) in [5.74, 6) is 4.04. The number of amides is 1. The molecule has 0 atom stereocenters. The van der Waals surface area contributed by atoms with Crippen LogP contribution in [0.1, 0.15) is 29.6 Å². The van der Waals surface area contributed by atoms with Crippen molar-refractivity contribution < 1.29 is 9.18 Å². The van der Waals surface area contributed by atoms with E-state index in [9.17, 15) is 9.18 Å². The van der Waals surface area contributed by atoms with E-state index in [0.717, 1.165) is 19.3 Å². The van der Waals surface area contributed by atoms with Crippen LogP contribution in [0.4, 0.5) is 10.2 Å². The number of halogens is 1. The summed E-state index contributed by atoms with van der Waals surface area (Å²) in [4.78, 5) is 17.5. The van der Waals surface area contributed by atoms with Gasteiger partial charge in [0, 0.05) is 19.3 Å². The smallest absolute Gasteiger partial charge is 0.257 e. The van der Waals surface area contributed by atoms with E-state index < -0.39 is 5.82 Å². The number of anilines is 1. The zero-order chi connectivity index (χ0) is 12.3. The lowest BCUT2D eigenvalue weighted by Crippen LogP contribution is -2.36. The molecule has 2 rings (SSSR count). The van der Waals surface area contributed by atoms with E-state index in [1.165, 1.54) is 12.3 Å². The van der Waals surface area contributed by atoms with E-state index in [1.54, 1.807) is 4.90 Å². The van der Waals surface area contributed by atoms with Crippen molar-refractivity contribution in [3.8, 4) is 0 Å². The Labute approximate surface area is 98.8 Å². The average Bonchev–Trinajstić information content (AvgIpc) is 2.39. The predicted molar refractivity (Wildman–Crippen MR) is 61.8 cm³/mol. The van der Waals surface area contributed by atoms with E-state index in [2.05, 4.69) is 10.4 Å². The van der Waals surface area contributed by atoms with Crippen LogP contribution in [0, 0.1) is 5.82 Å². The van der Waals surface area contributed by atoms with Crippen molar-refractivity contribution in [2.45, 2.75) is 19.3 Å². The Morgan fingerprint density at radius 1 is 1.41 bits per heavy atom. The summed E-state index contributed by atoms with van der Waals surface area (Å²) in [6.07, 6.45) is 4.44. The summed E-state index contributed by atoms with van der Waals surface area (Å²) >= 11 is 0. The third-order valence-electron chi connectivity index (χ3n) is 2.90. The molecule has 6 heteroatoms. The fraction of sp³-hybridized carbons (Fsp3) is 0.455. The van der Waals surface area contributed by atoms with Crippen LogP contribution < -0.4 is 11.3 Å². The van der Waals surface area contributed by atoms with Gasteiger partial charge in [-0.25, -0.2) is 15.2 Å². The molecule has 0 aliphatic carbocycles. The molecule has 0 aromatic carbocycles. The Bertz CT molecular complexity index is 418. The number of carbonyl (C=O) groups is 1. The second-order valence-electron chi connectivity index (χ2n) is 4.02. The number of hydrazine groups is 1. The van der Waals surface area contributed by atoms with E-state index in [1.807, 2.05) is 0 Å². The van der Waals surface area contributed by atoms with Gasteiger partial charge < -0.3 is 10.3 Å². The number of nitrogens with one attached hydrogen (secondary N) is 1. The molecular formula is C11H15FN4O. The van der Waals surface area contributed by atoms with Crippen LogP contribution in [0.25, 0.3) is 0 Å². The SMILES string of the molecule is NNc1nccc(C(=O)N2CCCCC2)c1F. The fourth-order valence-corrected chi connectivity index (χ4v) is 1.98. The van der Waals surface area contributed by atoms with Crippen LogP contribution in [-0.2, 0) is 0 Å². The molecule has 1 saturated heterocycles.